The largest absolute Gasteiger partial charge is 0.379 e. The Bertz CT molecular complexity index is 505. The highest BCUT2D eigenvalue weighted by Crippen LogP contribution is 2.14. The summed E-state index contributed by atoms with van der Waals surface area (Å²) in [5.41, 5.74) is 3.09. The van der Waals surface area contributed by atoms with Crippen molar-refractivity contribution in [2.24, 2.45) is 0 Å². The molecule has 0 aliphatic rings. The van der Waals surface area contributed by atoms with Crippen LogP contribution < -0.4 is 5.32 Å². The van der Waals surface area contributed by atoms with Crippen LogP contribution in [0.15, 0.2) is 48.5 Å². The summed E-state index contributed by atoms with van der Waals surface area (Å²) in [5, 5.41) is 3.12. The number of anilines is 1. The molecule has 1 N–H and O–H groups in total. The van der Waals surface area contributed by atoms with E-state index in [0.717, 1.165) is 6.42 Å². The highest BCUT2D eigenvalue weighted by Gasteiger charge is 2.00. The Kier molecular flexibility index (Phi) is 4.96. The van der Waals surface area contributed by atoms with E-state index in [0.29, 0.717) is 12.2 Å². The molecular formula is C17H20FN. The monoisotopic (exact) mass is 257 g/mol. The van der Waals surface area contributed by atoms with E-state index >= 15 is 0 Å². The zero-order chi connectivity index (χ0) is 13.5. The molecular weight excluding hydrogens is 237 g/mol. The molecule has 19 heavy (non-hydrogen) atoms. The van der Waals surface area contributed by atoms with Crippen LogP contribution in [0.2, 0.25) is 0 Å². The first-order valence-corrected chi connectivity index (χ1v) is 6.86. The number of aryl methyl sites for hydroxylation is 1. The van der Waals surface area contributed by atoms with Crippen molar-refractivity contribution in [2.75, 3.05) is 5.32 Å². The molecule has 1 nitrogen and oxygen atoms in total. The predicted molar refractivity (Wildman–Crippen MR) is 78.8 cm³/mol. The maximum atomic E-state index is 13.4. The Morgan fingerprint density at radius 2 is 1.63 bits per heavy atom. The van der Waals surface area contributed by atoms with Crippen molar-refractivity contribution >= 4 is 5.69 Å². The molecule has 0 amide bonds. The van der Waals surface area contributed by atoms with E-state index in [1.54, 1.807) is 12.1 Å². The molecule has 0 heterocycles. The Morgan fingerprint density at radius 3 is 2.32 bits per heavy atom. The van der Waals surface area contributed by atoms with Crippen LogP contribution in [0.1, 0.15) is 30.9 Å². The molecule has 0 radical (unpaired) electrons. The lowest BCUT2D eigenvalue weighted by atomic mass is 10.1. The van der Waals surface area contributed by atoms with Gasteiger partial charge in [0.2, 0.25) is 0 Å². The van der Waals surface area contributed by atoms with Gasteiger partial charge in [0.15, 0.2) is 0 Å². The third-order valence-electron chi connectivity index (χ3n) is 3.20. The number of hydrogen-bond donors (Lipinski definition) is 1. The number of rotatable bonds is 6. The Hall–Kier alpha value is -1.83. The Balaban J connectivity index is 1.91. The minimum absolute atomic E-state index is 0.206. The van der Waals surface area contributed by atoms with Crippen LogP contribution >= 0.6 is 0 Å². The van der Waals surface area contributed by atoms with Crippen molar-refractivity contribution < 1.29 is 4.39 Å². The van der Waals surface area contributed by atoms with Gasteiger partial charge in [-0.2, -0.15) is 0 Å². The first-order valence-electron chi connectivity index (χ1n) is 6.86. The van der Waals surface area contributed by atoms with Gasteiger partial charge >= 0.3 is 0 Å². The Labute approximate surface area is 114 Å². The molecule has 2 rings (SSSR count). The summed E-state index contributed by atoms with van der Waals surface area (Å²) in [7, 11) is 0. The van der Waals surface area contributed by atoms with Crippen LogP contribution in [-0.4, -0.2) is 0 Å². The van der Waals surface area contributed by atoms with E-state index in [9.17, 15) is 4.39 Å². The molecule has 0 saturated carbocycles. The van der Waals surface area contributed by atoms with Crippen molar-refractivity contribution in [3.8, 4) is 0 Å². The normalized spacial score (nSPS) is 10.4. The van der Waals surface area contributed by atoms with Crippen LogP contribution in [0.4, 0.5) is 10.1 Å². The van der Waals surface area contributed by atoms with E-state index < -0.39 is 0 Å². The van der Waals surface area contributed by atoms with Crippen LogP contribution in [0.5, 0.6) is 0 Å². The lowest BCUT2D eigenvalue weighted by Crippen LogP contribution is -2.01. The molecule has 0 bridgehead atoms. The fourth-order valence-corrected chi connectivity index (χ4v) is 2.01. The Morgan fingerprint density at radius 1 is 0.947 bits per heavy atom. The van der Waals surface area contributed by atoms with Crippen molar-refractivity contribution in [3.05, 3.63) is 65.5 Å². The molecule has 0 fully saturated rings. The zero-order valence-corrected chi connectivity index (χ0v) is 11.3. The summed E-state index contributed by atoms with van der Waals surface area (Å²) in [4.78, 5) is 0. The number of hydrogen-bond acceptors (Lipinski definition) is 1. The summed E-state index contributed by atoms with van der Waals surface area (Å²) in [6.45, 7) is 2.85. The summed E-state index contributed by atoms with van der Waals surface area (Å²) < 4.78 is 13.4. The summed E-state index contributed by atoms with van der Waals surface area (Å²) in [6.07, 6.45) is 3.58. The average molecular weight is 257 g/mol. The zero-order valence-electron chi connectivity index (χ0n) is 11.3. The molecule has 0 spiro atoms. The van der Waals surface area contributed by atoms with Gasteiger partial charge in [-0.1, -0.05) is 49.7 Å². The van der Waals surface area contributed by atoms with Crippen molar-refractivity contribution in [2.45, 2.75) is 32.7 Å². The van der Waals surface area contributed by atoms with Crippen LogP contribution in [0.25, 0.3) is 0 Å². The van der Waals surface area contributed by atoms with Crippen LogP contribution in [0.3, 0.4) is 0 Å². The number of unbranched alkanes of at least 4 members (excludes halogenated alkanes) is 1. The van der Waals surface area contributed by atoms with Gasteiger partial charge in [0, 0.05) is 6.54 Å². The van der Waals surface area contributed by atoms with Crippen molar-refractivity contribution in [1.29, 1.82) is 0 Å². The van der Waals surface area contributed by atoms with E-state index in [4.69, 9.17) is 0 Å². The smallest absolute Gasteiger partial charge is 0.146 e. The van der Waals surface area contributed by atoms with Crippen LogP contribution in [-0.2, 0) is 13.0 Å². The van der Waals surface area contributed by atoms with E-state index in [-0.39, 0.29) is 5.82 Å². The lowest BCUT2D eigenvalue weighted by molar-refractivity contribution is 0.630. The fraction of sp³-hybridized carbons (Fsp3) is 0.294. The fourth-order valence-electron chi connectivity index (χ4n) is 2.01. The maximum Gasteiger partial charge on any atom is 0.146 e. The first-order chi connectivity index (χ1) is 9.29. The second-order valence-electron chi connectivity index (χ2n) is 4.75. The number of nitrogens with one attached hydrogen (secondary N) is 1. The summed E-state index contributed by atoms with van der Waals surface area (Å²) in [5.74, 6) is -0.206. The molecule has 0 aromatic heterocycles. The minimum atomic E-state index is -0.206. The van der Waals surface area contributed by atoms with Gasteiger partial charge in [0.1, 0.15) is 5.82 Å². The quantitative estimate of drug-likeness (QED) is 0.785. The number of para-hydroxylation sites is 1. The molecule has 0 aliphatic heterocycles. The average Bonchev–Trinajstić information content (AvgIpc) is 2.45. The highest BCUT2D eigenvalue weighted by molar-refractivity contribution is 5.44. The SMILES string of the molecule is CCCCc1ccc(CNc2ccccc2F)cc1. The summed E-state index contributed by atoms with van der Waals surface area (Å²) >= 11 is 0. The van der Waals surface area contributed by atoms with Gasteiger partial charge in [-0.05, 0) is 36.1 Å². The number of halogens is 1. The minimum Gasteiger partial charge on any atom is -0.379 e. The molecule has 0 atom stereocenters. The molecule has 2 heteroatoms. The molecule has 0 aliphatic carbocycles. The molecule has 0 unspecified atom stereocenters. The van der Waals surface area contributed by atoms with E-state index in [1.165, 1.54) is 30.0 Å². The van der Waals surface area contributed by atoms with Crippen molar-refractivity contribution in [1.82, 2.24) is 0 Å². The van der Waals surface area contributed by atoms with Crippen molar-refractivity contribution in [3.63, 3.8) is 0 Å². The van der Waals surface area contributed by atoms with Crippen LogP contribution in [0, 0.1) is 5.82 Å². The highest BCUT2D eigenvalue weighted by atomic mass is 19.1. The predicted octanol–water partition coefficient (Wildman–Crippen LogP) is 4.78. The molecule has 2 aromatic carbocycles. The third kappa shape index (κ3) is 4.09. The van der Waals surface area contributed by atoms with Gasteiger partial charge in [0.05, 0.1) is 5.69 Å². The van der Waals surface area contributed by atoms with E-state index in [2.05, 4.69) is 36.5 Å². The topological polar surface area (TPSA) is 12.0 Å². The second kappa shape index (κ2) is 6.93. The maximum absolute atomic E-state index is 13.4. The standard InChI is InChI=1S/C17H20FN/c1-2-3-6-14-9-11-15(12-10-14)13-19-17-8-5-4-7-16(17)18/h4-5,7-12,19H,2-3,6,13H2,1H3. The van der Waals surface area contributed by atoms with Gasteiger partial charge in [0.25, 0.3) is 0 Å². The number of benzene rings is 2. The second-order valence-corrected chi connectivity index (χ2v) is 4.75. The lowest BCUT2D eigenvalue weighted by Gasteiger charge is -2.08. The summed E-state index contributed by atoms with van der Waals surface area (Å²) in [6, 6.07) is 15.3. The molecule has 0 saturated heterocycles. The van der Waals surface area contributed by atoms with Gasteiger partial charge in [-0.25, -0.2) is 4.39 Å². The van der Waals surface area contributed by atoms with Gasteiger partial charge in [-0.15, -0.1) is 0 Å². The molecule has 2 aromatic rings. The third-order valence-corrected chi connectivity index (χ3v) is 3.20. The first kappa shape index (κ1) is 13.6. The van der Waals surface area contributed by atoms with Gasteiger partial charge in [-0.3, -0.25) is 0 Å². The van der Waals surface area contributed by atoms with E-state index in [1.807, 2.05) is 6.07 Å². The molecule has 100 valence electrons. The van der Waals surface area contributed by atoms with Gasteiger partial charge < -0.3 is 5.32 Å².